The molecule has 2 aromatic heterocycles. The van der Waals surface area contributed by atoms with Crippen molar-refractivity contribution in [2.45, 2.75) is 25.8 Å². The molecule has 26 heavy (non-hydrogen) atoms. The van der Waals surface area contributed by atoms with Crippen molar-refractivity contribution in [2.75, 3.05) is 17.7 Å². The Hall–Kier alpha value is -3.10. The highest BCUT2D eigenvalue weighted by molar-refractivity contribution is 5.84. The van der Waals surface area contributed by atoms with Crippen LogP contribution >= 0.6 is 0 Å². The second-order valence-electron chi connectivity index (χ2n) is 6.06. The molecule has 3 aromatic rings. The maximum atomic E-state index is 13.3. The summed E-state index contributed by atoms with van der Waals surface area (Å²) in [5.41, 5.74) is 11.0. The third kappa shape index (κ3) is 3.32. The fourth-order valence-corrected chi connectivity index (χ4v) is 2.53. The number of benzene rings is 1. The second-order valence-corrected chi connectivity index (χ2v) is 6.06. The van der Waals surface area contributed by atoms with E-state index in [1.165, 1.54) is 6.92 Å². The van der Waals surface area contributed by atoms with Gasteiger partial charge in [-0.3, -0.25) is 0 Å². The van der Waals surface area contributed by atoms with E-state index >= 15 is 0 Å². The zero-order valence-corrected chi connectivity index (χ0v) is 14.6. The van der Waals surface area contributed by atoms with E-state index in [0.29, 0.717) is 5.69 Å². The second kappa shape index (κ2) is 6.66. The Morgan fingerprint density at radius 2 is 2.08 bits per heavy atom. The third-order valence-electron chi connectivity index (χ3n) is 4.22. The fourth-order valence-electron chi connectivity index (χ4n) is 2.53. The molecule has 1 aromatic carbocycles. The first-order valence-corrected chi connectivity index (χ1v) is 8.02. The van der Waals surface area contributed by atoms with Gasteiger partial charge in [0, 0.05) is 25.7 Å². The molecular weight excluding hydrogens is 340 g/mol. The molecule has 2 heterocycles. The summed E-state index contributed by atoms with van der Waals surface area (Å²) in [6.45, 7) is 2.23. The summed E-state index contributed by atoms with van der Waals surface area (Å²) in [5.74, 6) is -2.75. The van der Waals surface area contributed by atoms with Gasteiger partial charge in [0.15, 0.2) is 0 Å². The molecule has 9 heteroatoms. The first-order valence-electron chi connectivity index (χ1n) is 8.02. The lowest BCUT2D eigenvalue weighted by atomic mass is 10.1. The third-order valence-corrected chi connectivity index (χ3v) is 4.22. The lowest BCUT2D eigenvalue weighted by molar-refractivity contribution is 0.00673. The number of aromatic nitrogens is 3. The molecule has 7 nitrogen and oxygen atoms in total. The van der Waals surface area contributed by atoms with Crippen molar-refractivity contribution in [3.8, 4) is 11.1 Å². The normalized spacial score (nSPS) is 12.8. The Kier molecular flexibility index (Phi) is 4.54. The number of fused-ring (bicyclic) bond motifs is 1. The van der Waals surface area contributed by atoms with Crippen molar-refractivity contribution in [2.24, 2.45) is 5.11 Å². The van der Waals surface area contributed by atoms with Crippen LogP contribution in [-0.4, -0.2) is 33.6 Å². The van der Waals surface area contributed by atoms with E-state index in [1.54, 1.807) is 30.0 Å². The molecule has 0 fully saturated rings. The lowest BCUT2D eigenvalue weighted by Crippen LogP contribution is -2.35. The zero-order valence-electron chi connectivity index (χ0n) is 14.6. The minimum atomic E-state index is -2.88. The molecule has 0 bridgehead atoms. The minimum absolute atomic E-state index is 0.132. The summed E-state index contributed by atoms with van der Waals surface area (Å²) in [7, 11) is 1.76. The van der Waals surface area contributed by atoms with Gasteiger partial charge in [0.25, 0.3) is 5.92 Å². The molecule has 0 radical (unpaired) electrons. The van der Waals surface area contributed by atoms with Gasteiger partial charge in [0.2, 0.25) is 5.95 Å². The minimum Gasteiger partial charge on any atom is -0.386 e. The highest BCUT2D eigenvalue weighted by atomic mass is 19.3. The summed E-state index contributed by atoms with van der Waals surface area (Å²) in [4.78, 5) is 4.15. The molecule has 0 aliphatic carbocycles. The van der Waals surface area contributed by atoms with Gasteiger partial charge < -0.3 is 10.6 Å². The molecule has 3 rings (SSSR count). The Morgan fingerprint density at radius 1 is 1.31 bits per heavy atom. The van der Waals surface area contributed by atoms with Crippen LogP contribution in [0.1, 0.15) is 13.8 Å². The van der Waals surface area contributed by atoms with Crippen molar-refractivity contribution in [3.05, 3.63) is 36.7 Å². The van der Waals surface area contributed by atoms with Crippen LogP contribution in [0, 0.1) is 5.53 Å². The lowest BCUT2D eigenvalue weighted by Gasteiger charge is -2.20. The van der Waals surface area contributed by atoms with Crippen LogP contribution in [0.25, 0.3) is 16.6 Å². The number of hydrogen-bond donors (Lipinski definition) is 3. The quantitative estimate of drug-likeness (QED) is 0.563. The van der Waals surface area contributed by atoms with E-state index in [0.717, 1.165) is 29.3 Å². The molecule has 0 aliphatic heterocycles. The summed E-state index contributed by atoms with van der Waals surface area (Å²) in [6, 6.07) is 6.27. The molecule has 0 saturated carbocycles. The molecule has 136 valence electrons. The highest BCUT2D eigenvalue weighted by Crippen LogP contribution is 2.33. The number of hydrogen-bond acceptors (Lipinski definition) is 6. The van der Waals surface area contributed by atoms with Gasteiger partial charge in [-0.1, -0.05) is 6.07 Å². The first kappa shape index (κ1) is 17.7. The van der Waals surface area contributed by atoms with E-state index in [9.17, 15) is 8.78 Å². The van der Waals surface area contributed by atoms with E-state index in [1.807, 2.05) is 18.2 Å². The number of nitrogens with one attached hydrogen (secondary N) is 3. The van der Waals surface area contributed by atoms with Crippen LogP contribution in [0.2, 0.25) is 0 Å². The Bertz CT molecular complexity index is 946. The Labute approximate surface area is 149 Å². The van der Waals surface area contributed by atoms with E-state index < -0.39 is 12.0 Å². The molecule has 0 spiro atoms. The van der Waals surface area contributed by atoms with Crippen LogP contribution in [0.5, 0.6) is 0 Å². The molecule has 1 atom stereocenters. The summed E-state index contributed by atoms with van der Waals surface area (Å²) < 4.78 is 28.2. The SMILES string of the molecule is CNc1cc(-c2ccn3nc(N[C@H](C)C(C)(F)F)ncc23)ccc1N=N. The summed E-state index contributed by atoms with van der Waals surface area (Å²) in [5, 5.41) is 13.4. The van der Waals surface area contributed by atoms with Gasteiger partial charge in [0.05, 0.1) is 23.4 Å². The largest absolute Gasteiger partial charge is 0.386 e. The highest BCUT2D eigenvalue weighted by Gasteiger charge is 2.30. The van der Waals surface area contributed by atoms with E-state index in [2.05, 4.69) is 25.8 Å². The number of rotatable bonds is 6. The van der Waals surface area contributed by atoms with Crippen LogP contribution in [-0.2, 0) is 0 Å². The zero-order chi connectivity index (χ0) is 18.9. The maximum Gasteiger partial charge on any atom is 0.264 e. The molecule has 3 N–H and O–H groups in total. The molecule has 0 saturated heterocycles. The van der Waals surface area contributed by atoms with Crippen LogP contribution in [0.15, 0.2) is 41.8 Å². The fraction of sp³-hybridized carbons (Fsp3) is 0.294. The van der Waals surface area contributed by atoms with Gasteiger partial charge in [-0.2, -0.15) is 5.11 Å². The van der Waals surface area contributed by atoms with Crippen LogP contribution < -0.4 is 10.6 Å². The molecule has 0 aliphatic rings. The Morgan fingerprint density at radius 3 is 2.73 bits per heavy atom. The summed E-state index contributed by atoms with van der Waals surface area (Å²) >= 11 is 0. The van der Waals surface area contributed by atoms with Crippen molar-refractivity contribution in [1.29, 1.82) is 5.53 Å². The average Bonchev–Trinajstić information content (AvgIpc) is 3.03. The van der Waals surface area contributed by atoms with Gasteiger partial charge >= 0.3 is 0 Å². The maximum absolute atomic E-state index is 13.3. The average molecular weight is 359 g/mol. The number of anilines is 2. The van der Waals surface area contributed by atoms with Crippen molar-refractivity contribution >= 4 is 22.8 Å². The van der Waals surface area contributed by atoms with E-state index in [4.69, 9.17) is 5.53 Å². The number of halogens is 2. The topological polar surface area (TPSA) is 90.5 Å². The predicted octanol–water partition coefficient (Wildman–Crippen LogP) is 4.56. The van der Waals surface area contributed by atoms with Crippen molar-refractivity contribution < 1.29 is 8.78 Å². The molecule has 0 amide bonds. The van der Waals surface area contributed by atoms with Crippen LogP contribution in [0.3, 0.4) is 0 Å². The van der Waals surface area contributed by atoms with Crippen molar-refractivity contribution in [3.63, 3.8) is 0 Å². The molecule has 0 unspecified atom stereocenters. The predicted molar refractivity (Wildman–Crippen MR) is 96.5 cm³/mol. The van der Waals surface area contributed by atoms with Gasteiger partial charge in [0.1, 0.15) is 5.69 Å². The van der Waals surface area contributed by atoms with E-state index in [-0.39, 0.29) is 5.95 Å². The standard InChI is InChI=1S/C17H19F2N7/c1-10(17(2,18)19)23-16-22-9-15-12(6-7-26(15)25-16)11-4-5-13(24-20)14(8-11)21-3/h4-10,20-21H,1-3H3,(H,23,25)/t10-/m1/s1. The first-order chi connectivity index (χ1) is 12.3. The van der Waals surface area contributed by atoms with Crippen molar-refractivity contribution in [1.82, 2.24) is 14.6 Å². The number of nitrogens with zero attached hydrogens (tertiary/aromatic N) is 4. The molecular formula is C17H19F2N7. The number of alkyl halides is 2. The van der Waals surface area contributed by atoms with Crippen LogP contribution in [0.4, 0.5) is 26.1 Å². The monoisotopic (exact) mass is 359 g/mol. The van der Waals surface area contributed by atoms with Gasteiger partial charge in [-0.25, -0.2) is 23.8 Å². The summed E-state index contributed by atoms with van der Waals surface area (Å²) in [6.07, 6.45) is 3.33. The van der Waals surface area contributed by atoms with Gasteiger partial charge in [-0.05, 0) is 30.7 Å². The smallest absolute Gasteiger partial charge is 0.264 e. The Balaban J connectivity index is 1.96. The van der Waals surface area contributed by atoms with Gasteiger partial charge in [-0.15, -0.1) is 5.10 Å².